The summed E-state index contributed by atoms with van der Waals surface area (Å²) in [6, 6.07) is 18.6. The number of ether oxygens (including phenoxy) is 1. The van der Waals surface area contributed by atoms with Crippen molar-refractivity contribution in [1.29, 1.82) is 0 Å². The minimum absolute atomic E-state index is 0.102. The number of pyridine rings is 1. The van der Waals surface area contributed by atoms with Crippen LogP contribution in [0, 0.1) is 10.1 Å². The van der Waals surface area contributed by atoms with Crippen molar-refractivity contribution in [1.82, 2.24) is 0 Å². The molecule has 0 fully saturated rings. The van der Waals surface area contributed by atoms with Crippen LogP contribution in [0.15, 0.2) is 79.1 Å². The Balaban J connectivity index is 2.10. The van der Waals surface area contributed by atoms with Crippen LogP contribution in [0.1, 0.15) is 23.3 Å². The highest BCUT2D eigenvalue weighted by molar-refractivity contribution is 5.42. The second-order valence-corrected chi connectivity index (χ2v) is 5.80. The van der Waals surface area contributed by atoms with Crippen LogP contribution < -0.4 is 9.30 Å². The average Bonchev–Trinajstić information content (AvgIpc) is 2.69. The van der Waals surface area contributed by atoms with Gasteiger partial charge in [0.2, 0.25) is 6.04 Å². The molecule has 3 rings (SSSR count). The van der Waals surface area contributed by atoms with Gasteiger partial charge in [-0.3, -0.25) is 10.1 Å². The van der Waals surface area contributed by atoms with Gasteiger partial charge >= 0.3 is 0 Å². The quantitative estimate of drug-likeness (QED) is 0.420. The van der Waals surface area contributed by atoms with Gasteiger partial charge in [-0.25, -0.2) is 0 Å². The zero-order valence-electron chi connectivity index (χ0n) is 14.2. The topological polar surface area (TPSA) is 76.5 Å². The molecule has 0 aliphatic heterocycles. The molecule has 6 nitrogen and oxygen atoms in total. The molecule has 0 amide bonds. The molecular weight excluding hydrogens is 332 g/mol. The molecule has 0 saturated carbocycles. The van der Waals surface area contributed by atoms with E-state index < -0.39 is 17.1 Å². The van der Waals surface area contributed by atoms with Gasteiger partial charge < -0.3 is 9.84 Å². The minimum Gasteiger partial charge on any atom is -0.497 e. The Labute approximate surface area is 151 Å². The largest absolute Gasteiger partial charge is 0.497 e. The van der Waals surface area contributed by atoms with Crippen LogP contribution >= 0.6 is 0 Å². The Kier molecular flexibility index (Phi) is 5.24. The third kappa shape index (κ3) is 3.55. The Bertz CT molecular complexity index is 882. The van der Waals surface area contributed by atoms with Crippen LogP contribution in [0.5, 0.6) is 5.75 Å². The first-order valence-corrected chi connectivity index (χ1v) is 8.13. The van der Waals surface area contributed by atoms with E-state index in [4.69, 9.17) is 4.74 Å². The Morgan fingerprint density at radius 3 is 2.27 bits per heavy atom. The minimum atomic E-state index is -1.10. The summed E-state index contributed by atoms with van der Waals surface area (Å²) in [4.78, 5) is 10.9. The summed E-state index contributed by atoms with van der Waals surface area (Å²) in [6.07, 6.45) is 2.55. The Morgan fingerprint density at radius 2 is 1.65 bits per heavy atom. The van der Waals surface area contributed by atoms with E-state index in [0.29, 0.717) is 5.75 Å². The molecule has 0 aliphatic carbocycles. The number of aliphatic hydroxyl groups excluding tert-OH is 1. The Hall–Kier alpha value is -3.25. The molecule has 132 valence electrons. The highest BCUT2D eigenvalue weighted by Crippen LogP contribution is 2.34. The SMILES string of the molecule is COc1ccc([C@H]([C@H](O)c2ccccc2[N+](=O)[O-])[n+]2ccccc2)cc1. The fraction of sp³-hybridized carbons (Fsp3) is 0.150. The molecule has 0 bridgehead atoms. The normalized spacial score (nSPS) is 13.0. The molecule has 26 heavy (non-hydrogen) atoms. The van der Waals surface area contributed by atoms with E-state index in [1.54, 1.807) is 37.4 Å². The second-order valence-electron chi connectivity index (χ2n) is 5.80. The van der Waals surface area contributed by atoms with Crippen LogP contribution in [0.4, 0.5) is 5.69 Å². The number of nitro benzene ring substituents is 1. The molecule has 0 aliphatic rings. The maximum Gasteiger partial charge on any atom is 0.275 e. The average molecular weight is 351 g/mol. The summed E-state index contributed by atoms with van der Waals surface area (Å²) in [5, 5.41) is 22.5. The lowest BCUT2D eigenvalue weighted by molar-refractivity contribution is -0.722. The highest BCUT2D eigenvalue weighted by Gasteiger charge is 2.34. The number of aromatic nitrogens is 1. The number of para-hydroxylation sites is 1. The van der Waals surface area contributed by atoms with Crippen molar-refractivity contribution in [3.63, 3.8) is 0 Å². The second kappa shape index (κ2) is 7.76. The molecule has 1 aromatic heterocycles. The van der Waals surface area contributed by atoms with E-state index in [0.717, 1.165) is 5.56 Å². The van der Waals surface area contributed by atoms with Gasteiger partial charge in [-0.2, -0.15) is 4.57 Å². The van der Waals surface area contributed by atoms with Crippen molar-refractivity contribution in [2.75, 3.05) is 7.11 Å². The molecule has 2 atom stereocenters. The van der Waals surface area contributed by atoms with Crippen LogP contribution in [0.3, 0.4) is 0 Å². The van der Waals surface area contributed by atoms with Gasteiger partial charge in [-0.15, -0.1) is 0 Å². The zero-order valence-corrected chi connectivity index (χ0v) is 14.2. The van der Waals surface area contributed by atoms with Gasteiger partial charge in [-0.05, 0) is 30.3 Å². The lowest BCUT2D eigenvalue weighted by Gasteiger charge is -2.19. The van der Waals surface area contributed by atoms with Gasteiger partial charge in [0.15, 0.2) is 18.5 Å². The van der Waals surface area contributed by atoms with E-state index in [-0.39, 0.29) is 11.3 Å². The summed E-state index contributed by atoms with van der Waals surface area (Å²) in [5.41, 5.74) is 0.984. The fourth-order valence-corrected chi connectivity index (χ4v) is 2.99. The van der Waals surface area contributed by atoms with Gasteiger partial charge in [0.25, 0.3) is 5.69 Å². The van der Waals surface area contributed by atoms with E-state index in [2.05, 4.69) is 0 Å². The molecule has 0 saturated heterocycles. The van der Waals surface area contributed by atoms with E-state index in [9.17, 15) is 15.2 Å². The van der Waals surface area contributed by atoms with Crippen LogP contribution in [0.2, 0.25) is 0 Å². The maximum atomic E-state index is 11.4. The van der Waals surface area contributed by atoms with Crippen molar-refractivity contribution in [2.24, 2.45) is 0 Å². The van der Waals surface area contributed by atoms with Crippen molar-refractivity contribution in [2.45, 2.75) is 12.1 Å². The molecule has 1 N–H and O–H groups in total. The first kappa shape index (κ1) is 17.6. The summed E-state index contributed by atoms with van der Waals surface area (Å²) in [5.74, 6) is 0.700. The molecule has 1 heterocycles. The number of hydrogen-bond acceptors (Lipinski definition) is 4. The summed E-state index contributed by atoms with van der Waals surface area (Å²) >= 11 is 0. The van der Waals surface area contributed by atoms with Gasteiger partial charge in [0.1, 0.15) is 5.75 Å². The molecule has 0 radical (unpaired) electrons. The number of benzene rings is 2. The number of rotatable bonds is 6. The lowest BCUT2D eigenvalue weighted by atomic mass is 9.94. The molecular formula is C20H19N2O4+. The standard InChI is InChI=1S/C20H19N2O4/c1-26-16-11-9-15(10-12-16)19(21-13-5-2-6-14-21)20(23)17-7-3-4-8-18(17)22(24)25/h2-14,19-20,23H,1H3/q+1/t19-,20-/m1/s1. The number of methoxy groups -OCH3 is 1. The molecule has 3 aromatic rings. The van der Waals surface area contributed by atoms with E-state index in [1.807, 2.05) is 47.3 Å². The zero-order chi connectivity index (χ0) is 18.5. The monoisotopic (exact) mass is 351 g/mol. The number of hydrogen-bond donors (Lipinski definition) is 1. The van der Waals surface area contributed by atoms with Gasteiger partial charge in [-0.1, -0.05) is 18.2 Å². The maximum absolute atomic E-state index is 11.4. The highest BCUT2D eigenvalue weighted by atomic mass is 16.6. The smallest absolute Gasteiger partial charge is 0.275 e. The van der Waals surface area contributed by atoms with Crippen molar-refractivity contribution in [3.05, 3.63) is 100 Å². The first-order valence-electron chi connectivity index (χ1n) is 8.13. The fourth-order valence-electron chi connectivity index (χ4n) is 2.99. The third-order valence-electron chi connectivity index (χ3n) is 4.27. The molecule has 0 spiro atoms. The first-order chi connectivity index (χ1) is 12.6. The van der Waals surface area contributed by atoms with E-state index >= 15 is 0 Å². The number of nitro groups is 1. The van der Waals surface area contributed by atoms with E-state index in [1.165, 1.54) is 6.07 Å². The predicted octanol–water partition coefficient (Wildman–Crippen LogP) is 3.21. The summed E-state index contributed by atoms with van der Waals surface area (Å²) in [6.45, 7) is 0. The molecule has 6 heteroatoms. The number of aliphatic hydroxyl groups is 1. The van der Waals surface area contributed by atoms with Crippen molar-refractivity contribution in [3.8, 4) is 5.75 Å². The molecule has 0 unspecified atom stereocenters. The number of nitrogens with zero attached hydrogens (tertiary/aromatic N) is 2. The van der Waals surface area contributed by atoms with Gasteiger partial charge in [0.05, 0.1) is 17.6 Å². The van der Waals surface area contributed by atoms with Crippen LogP contribution in [-0.2, 0) is 0 Å². The van der Waals surface area contributed by atoms with Crippen LogP contribution in [0.25, 0.3) is 0 Å². The summed E-state index contributed by atoms with van der Waals surface area (Å²) in [7, 11) is 1.58. The van der Waals surface area contributed by atoms with Crippen LogP contribution in [-0.4, -0.2) is 17.1 Å². The molecule has 2 aromatic carbocycles. The van der Waals surface area contributed by atoms with Gasteiger partial charge in [0, 0.05) is 23.8 Å². The predicted molar refractivity (Wildman–Crippen MR) is 95.8 cm³/mol. The summed E-state index contributed by atoms with van der Waals surface area (Å²) < 4.78 is 7.03. The third-order valence-corrected chi connectivity index (χ3v) is 4.27. The van der Waals surface area contributed by atoms with Crippen molar-refractivity contribution >= 4 is 5.69 Å². The Morgan fingerprint density at radius 1 is 1.00 bits per heavy atom. The lowest BCUT2D eigenvalue weighted by Crippen LogP contribution is -2.42. The van der Waals surface area contributed by atoms with Crippen molar-refractivity contribution < 1.29 is 19.3 Å².